The van der Waals surface area contributed by atoms with E-state index in [9.17, 15) is 0 Å². The number of ether oxygens (including phenoxy) is 2. The van der Waals surface area contributed by atoms with Gasteiger partial charge in [0.2, 0.25) is 0 Å². The molecule has 0 aromatic carbocycles. The Morgan fingerprint density at radius 2 is 1.92 bits per heavy atom. The fraction of sp³-hybridized carbons (Fsp3) is 0.800. The van der Waals surface area contributed by atoms with Gasteiger partial charge in [-0.05, 0) is 20.3 Å². The van der Waals surface area contributed by atoms with Gasteiger partial charge in [-0.15, -0.1) is 0 Å². The molecule has 1 aliphatic heterocycles. The van der Waals surface area contributed by atoms with Gasteiger partial charge >= 0.3 is 0 Å². The van der Waals surface area contributed by atoms with E-state index in [-0.39, 0.29) is 5.79 Å². The predicted molar refractivity (Wildman–Crippen MR) is 46.9 cm³/mol. The second-order valence-corrected chi connectivity index (χ2v) is 3.89. The normalized spacial score (nSPS) is 27.0. The van der Waals surface area contributed by atoms with Crippen molar-refractivity contribution in [2.24, 2.45) is 0 Å². The van der Waals surface area contributed by atoms with Gasteiger partial charge in [0.05, 0.1) is 13.2 Å². The molecule has 0 N–H and O–H groups in total. The van der Waals surface area contributed by atoms with Crippen molar-refractivity contribution < 1.29 is 9.47 Å². The first-order valence-electron chi connectivity index (χ1n) is 4.65. The molecule has 1 aliphatic carbocycles. The average Bonchev–Trinajstić information content (AvgIpc) is 2.62. The quantitative estimate of drug-likeness (QED) is 0.516. The molecular formula is C10H16O2. The third kappa shape index (κ3) is 1.29. The number of hydrogen-bond donors (Lipinski definition) is 0. The molecule has 2 nitrogen and oxygen atoms in total. The summed E-state index contributed by atoms with van der Waals surface area (Å²) in [5, 5.41) is 0. The largest absolute Gasteiger partial charge is 0.347 e. The molecule has 2 rings (SSSR count). The van der Waals surface area contributed by atoms with Crippen LogP contribution in [0.2, 0.25) is 0 Å². The summed E-state index contributed by atoms with van der Waals surface area (Å²) >= 11 is 0. The maximum absolute atomic E-state index is 5.63. The van der Waals surface area contributed by atoms with Crippen molar-refractivity contribution in [1.82, 2.24) is 0 Å². The minimum absolute atomic E-state index is 0.216. The first-order valence-corrected chi connectivity index (χ1v) is 4.65. The lowest BCUT2D eigenvalue weighted by Gasteiger charge is -2.20. The molecule has 1 saturated carbocycles. The van der Waals surface area contributed by atoms with Crippen LogP contribution < -0.4 is 0 Å². The van der Waals surface area contributed by atoms with Crippen LogP contribution >= 0.6 is 0 Å². The Hall–Kier alpha value is -0.340. The fourth-order valence-electron chi connectivity index (χ4n) is 2.01. The van der Waals surface area contributed by atoms with Crippen molar-refractivity contribution in [2.75, 3.05) is 13.2 Å². The van der Waals surface area contributed by atoms with E-state index in [1.54, 1.807) is 0 Å². The van der Waals surface area contributed by atoms with Gasteiger partial charge in [0.1, 0.15) is 0 Å². The Kier molecular flexibility index (Phi) is 1.97. The van der Waals surface area contributed by atoms with Gasteiger partial charge in [0.25, 0.3) is 0 Å². The zero-order valence-corrected chi connectivity index (χ0v) is 7.85. The molecule has 0 unspecified atom stereocenters. The molecule has 1 spiro atoms. The molecule has 1 heterocycles. The van der Waals surface area contributed by atoms with Crippen molar-refractivity contribution >= 4 is 0 Å². The summed E-state index contributed by atoms with van der Waals surface area (Å²) in [5.41, 5.74) is 2.96. The summed E-state index contributed by atoms with van der Waals surface area (Å²) in [7, 11) is 0. The van der Waals surface area contributed by atoms with Crippen LogP contribution in [0.1, 0.15) is 33.1 Å². The molecule has 2 fully saturated rings. The lowest BCUT2D eigenvalue weighted by molar-refractivity contribution is -0.147. The van der Waals surface area contributed by atoms with Crippen LogP contribution in [0.25, 0.3) is 0 Å². The first-order chi connectivity index (χ1) is 5.72. The summed E-state index contributed by atoms with van der Waals surface area (Å²) in [6.07, 6.45) is 3.20. The van der Waals surface area contributed by atoms with E-state index in [0.29, 0.717) is 0 Å². The third-order valence-electron chi connectivity index (χ3n) is 2.81. The summed E-state index contributed by atoms with van der Waals surface area (Å²) in [4.78, 5) is 0. The van der Waals surface area contributed by atoms with Gasteiger partial charge in [-0.2, -0.15) is 0 Å². The van der Waals surface area contributed by atoms with Gasteiger partial charge in [0.15, 0.2) is 5.79 Å². The molecule has 0 bridgehead atoms. The van der Waals surface area contributed by atoms with Crippen molar-refractivity contribution in [3.05, 3.63) is 11.1 Å². The molecule has 0 aromatic heterocycles. The molecule has 0 atom stereocenters. The van der Waals surface area contributed by atoms with E-state index in [2.05, 4.69) is 13.8 Å². The van der Waals surface area contributed by atoms with Crippen LogP contribution in [0.4, 0.5) is 0 Å². The van der Waals surface area contributed by atoms with E-state index >= 15 is 0 Å². The van der Waals surface area contributed by atoms with Crippen LogP contribution in [0.5, 0.6) is 0 Å². The topological polar surface area (TPSA) is 18.5 Å². The van der Waals surface area contributed by atoms with Gasteiger partial charge in [-0.3, -0.25) is 0 Å². The van der Waals surface area contributed by atoms with Crippen LogP contribution in [0.3, 0.4) is 0 Å². The first kappa shape index (κ1) is 8.27. The molecule has 0 aromatic rings. The Morgan fingerprint density at radius 1 is 1.25 bits per heavy atom. The highest BCUT2D eigenvalue weighted by atomic mass is 16.7. The summed E-state index contributed by atoms with van der Waals surface area (Å²) in [6, 6.07) is 0. The summed E-state index contributed by atoms with van der Waals surface area (Å²) in [5.74, 6) is -0.216. The second kappa shape index (κ2) is 2.86. The SMILES string of the molecule is CC(C)=C1CCC2(C1)OCCO2. The fourth-order valence-corrected chi connectivity index (χ4v) is 2.01. The number of allylic oxidation sites excluding steroid dienone is 1. The van der Waals surface area contributed by atoms with Crippen LogP contribution in [0.15, 0.2) is 11.1 Å². The standard InChI is InChI=1S/C10H16O2/c1-8(2)9-3-4-10(7-9)11-5-6-12-10/h3-7H2,1-2H3. The molecule has 2 aliphatic rings. The van der Waals surface area contributed by atoms with E-state index in [1.807, 2.05) is 0 Å². The zero-order chi connectivity index (χ0) is 8.60. The maximum Gasteiger partial charge on any atom is 0.172 e. The molecule has 12 heavy (non-hydrogen) atoms. The highest BCUT2D eigenvalue weighted by Crippen LogP contribution is 2.41. The van der Waals surface area contributed by atoms with E-state index in [0.717, 1.165) is 32.5 Å². The highest BCUT2D eigenvalue weighted by Gasteiger charge is 2.41. The lowest BCUT2D eigenvalue weighted by Crippen LogP contribution is -2.25. The van der Waals surface area contributed by atoms with E-state index in [1.165, 1.54) is 11.1 Å². The predicted octanol–water partition coefficient (Wildman–Crippen LogP) is 2.25. The zero-order valence-electron chi connectivity index (χ0n) is 7.85. The minimum atomic E-state index is -0.216. The maximum atomic E-state index is 5.63. The molecular weight excluding hydrogens is 152 g/mol. The molecule has 68 valence electrons. The smallest absolute Gasteiger partial charge is 0.172 e. The van der Waals surface area contributed by atoms with Gasteiger partial charge < -0.3 is 9.47 Å². The Labute approximate surface area is 73.5 Å². The van der Waals surface area contributed by atoms with Crippen LogP contribution in [-0.4, -0.2) is 19.0 Å². The van der Waals surface area contributed by atoms with E-state index in [4.69, 9.17) is 9.47 Å². The Balaban J connectivity index is 2.11. The minimum Gasteiger partial charge on any atom is -0.347 e. The van der Waals surface area contributed by atoms with Crippen molar-refractivity contribution in [2.45, 2.75) is 38.9 Å². The second-order valence-electron chi connectivity index (χ2n) is 3.89. The van der Waals surface area contributed by atoms with Crippen molar-refractivity contribution in [3.63, 3.8) is 0 Å². The summed E-state index contributed by atoms with van der Waals surface area (Å²) in [6.45, 7) is 5.89. The van der Waals surface area contributed by atoms with E-state index < -0.39 is 0 Å². The van der Waals surface area contributed by atoms with Crippen LogP contribution in [-0.2, 0) is 9.47 Å². The molecule has 2 heteroatoms. The molecule has 0 radical (unpaired) electrons. The molecule has 1 saturated heterocycles. The Bertz CT molecular complexity index is 208. The molecule has 0 amide bonds. The Morgan fingerprint density at radius 3 is 2.42 bits per heavy atom. The monoisotopic (exact) mass is 168 g/mol. The lowest BCUT2D eigenvalue weighted by atomic mass is 10.1. The number of rotatable bonds is 0. The van der Waals surface area contributed by atoms with Crippen molar-refractivity contribution in [1.29, 1.82) is 0 Å². The van der Waals surface area contributed by atoms with Crippen LogP contribution in [0, 0.1) is 0 Å². The van der Waals surface area contributed by atoms with Gasteiger partial charge in [-0.1, -0.05) is 11.1 Å². The van der Waals surface area contributed by atoms with Gasteiger partial charge in [0, 0.05) is 12.8 Å². The summed E-state index contributed by atoms with van der Waals surface area (Å²) < 4.78 is 11.3. The number of hydrogen-bond acceptors (Lipinski definition) is 2. The van der Waals surface area contributed by atoms with Crippen molar-refractivity contribution in [3.8, 4) is 0 Å². The van der Waals surface area contributed by atoms with Gasteiger partial charge in [-0.25, -0.2) is 0 Å². The highest BCUT2D eigenvalue weighted by molar-refractivity contribution is 5.17. The average molecular weight is 168 g/mol. The third-order valence-corrected chi connectivity index (χ3v) is 2.81.